The van der Waals surface area contributed by atoms with Crippen LogP contribution in [0.3, 0.4) is 0 Å². The Kier molecular flexibility index (Phi) is 6.82. The molecule has 0 aliphatic carbocycles. The minimum Gasteiger partial charge on any atom is -0.478 e. The molecular formula is C16H18O6. The molecule has 0 heterocycles. The zero-order valence-corrected chi connectivity index (χ0v) is 12.5. The lowest BCUT2D eigenvalue weighted by molar-refractivity contribution is -0.140. The largest absolute Gasteiger partial charge is 0.478 e. The van der Waals surface area contributed by atoms with E-state index >= 15 is 0 Å². The molecule has 0 saturated heterocycles. The van der Waals surface area contributed by atoms with Gasteiger partial charge in [-0.1, -0.05) is 12.1 Å². The van der Waals surface area contributed by atoms with Crippen LogP contribution < -0.4 is 0 Å². The van der Waals surface area contributed by atoms with Crippen LogP contribution in [0.1, 0.15) is 34.8 Å². The highest BCUT2D eigenvalue weighted by Crippen LogP contribution is 2.20. The predicted molar refractivity (Wildman–Crippen MR) is 79.4 cm³/mol. The van der Waals surface area contributed by atoms with Gasteiger partial charge in [-0.05, 0) is 36.6 Å². The number of carbonyl (C=O) groups is 3. The molecule has 0 atom stereocenters. The topological polar surface area (TPSA) is 89.9 Å². The molecule has 0 saturated carbocycles. The summed E-state index contributed by atoms with van der Waals surface area (Å²) in [5, 5.41) is 8.78. The van der Waals surface area contributed by atoms with Crippen LogP contribution in [0.4, 0.5) is 0 Å². The Morgan fingerprint density at radius 1 is 1.27 bits per heavy atom. The van der Waals surface area contributed by atoms with Crippen LogP contribution in [0.25, 0.3) is 6.08 Å². The van der Waals surface area contributed by atoms with E-state index in [1.165, 1.54) is 13.2 Å². The van der Waals surface area contributed by atoms with Crippen molar-refractivity contribution < 1.29 is 29.0 Å². The predicted octanol–water partition coefficient (Wildman–Crippen LogP) is 2.07. The van der Waals surface area contributed by atoms with Crippen molar-refractivity contribution >= 4 is 24.0 Å². The van der Waals surface area contributed by atoms with Crippen molar-refractivity contribution in [3.05, 3.63) is 41.0 Å². The highest BCUT2D eigenvalue weighted by atomic mass is 16.5. The number of carboxylic acids is 1. The molecule has 1 aromatic carbocycles. The van der Waals surface area contributed by atoms with Gasteiger partial charge in [-0.2, -0.15) is 0 Å². The van der Waals surface area contributed by atoms with Gasteiger partial charge in [-0.3, -0.25) is 4.79 Å². The Bertz CT molecular complexity index is 588. The summed E-state index contributed by atoms with van der Waals surface area (Å²) in [5.74, 6) is -2.04. The number of esters is 2. The van der Waals surface area contributed by atoms with Crippen molar-refractivity contribution in [1.82, 2.24) is 0 Å². The first-order chi connectivity index (χ1) is 10.5. The van der Waals surface area contributed by atoms with Gasteiger partial charge >= 0.3 is 17.9 Å². The van der Waals surface area contributed by atoms with Crippen LogP contribution in [0.2, 0.25) is 0 Å². The lowest BCUT2D eigenvalue weighted by Crippen LogP contribution is -2.09. The molecule has 0 spiro atoms. The highest BCUT2D eigenvalue weighted by Gasteiger charge is 2.15. The standard InChI is InChI=1S/C16H18O6/c1-3-22-16(20)13-6-4-5-11(7-10-15(19)21-2)12(13)8-9-14(17)18/h4-6,8-9H,3,7,10H2,1-2H3,(H,17,18)/b9-8+. The molecule has 0 unspecified atom stereocenters. The third-order valence-electron chi connectivity index (χ3n) is 2.91. The van der Waals surface area contributed by atoms with Crippen molar-refractivity contribution in [3.8, 4) is 0 Å². The second kappa shape index (κ2) is 8.61. The van der Waals surface area contributed by atoms with E-state index in [4.69, 9.17) is 9.84 Å². The molecule has 1 rings (SSSR count). The SMILES string of the molecule is CCOC(=O)c1cccc(CCC(=O)OC)c1/C=C/C(=O)O. The monoisotopic (exact) mass is 306 g/mol. The maximum atomic E-state index is 12.0. The molecule has 0 aliphatic rings. The number of carboxylic acid groups (broad SMARTS) is 1. The van der Waals surface area contributed by atoms with Crippen molar-refractivity contribution in [3.63, 3.8) is 0 Å². The Hall–Kier alpha value is -2.63. The van der Waals surface area contributed by atoms with Crippen LogP contribution in [-0.4, -0.2) is 36.7 Å². The van der Waals surface area contributed by atoms with Gasteiger partial charge in [0.1, 0.15) is 0 Å². The number of hydrogen-bond acceptors (Lipinski definition) is 5. The minimum absolute atomic E-state index is 0.136. The summed E-state index contributed by atoms with van der Waals surface area (Å²) in [4.78, 5) is 33.9. The number of ether oxygens (including phenoxy) is 2. The molecule has 0 fully saturated rings. The van der Waals surface area contributed by atoms with E-state index in [-0.39, 0.29) is 24.6 Å². The van der Waals surface area contributed by atoms with Gasteiger partial charge in [-0.15, -0.1) is 0 Å². The van der Waals surface area contributed by atoms with E-state index in [0.29, 0.717) is 17.5 Å². The molecule has 22 heavy (non-hydrogen) atoms. The third kappa shape index (κ3) is 5.05. The first-order valence-corrected chi connectivity index (χ1v) is 6.76. The molecule has 118 valence electrons. The molecule has 0 amide bonds. The average Bonchev–Trinajstić information content (AvgIpc) is 2.50. The zero-order chi connectivity index (χ0) is 16.5. The maximum absolute atomic E-state index is 12.0. The molecule has 0 radical (unpaired) electrons. The van der Waals surface area contributed by atoms with E-state index in [1.54, 1.807) is 25.1 Å². The van der Waals surface area contributed by atoms with Gasteiger partial charge < -0.3 is 14.6 Å². The summed E-state index contributed by atoms with van der Waals surface area (Å²) in [6, 6.07) is 4.95. The van der Waals surface area contributed by atoms with Crippen molar-refractivity contribution in [1.29, 1.82) is 0 Å². The highest BCUT2D eigenvalue weighted by molar-refractivity contribution is 5.96. The normalized spacial score (nSPS) is 10.5. The fraction of sp³-hybridized carbons (Fsp3) is 0.312. The molecular weight excluding hydrogens is 288 g/mol. The number of carbonyl (C=O) groups excluding carboxylic acids is 2. The number of aryl methyl sites for hydroxylation is 1. The van der Waals surface area contributed by atoms with Crippen molar-refractivity contribution in [2.45, 2.75) is 19.8 Å². The van der Waals surface area contributed by atoms with Crippen molar-refractivity contribution in [2.75, 3.05) is 13.7 Å². The van der Waals surface area contributed by atoms with E-state index in [9.17, 15) is 14.4 Å². The first-order valence-electron chi connectivity index (χ1n) is 6.76. The summed E-state index contributed by atoms with van der Waals surface area (Å²) in [6.07, 6.45) is 2.75. The van der Waals surface area contributed by atoms with Crippen LogP contribution in [0.15, 0.2) is 24.3 Å². The van der Waals surface area contributed by atoms with Gasteiger partial charge in [0.15, 0.2) is 0 Å². The van der Waals surface area contributed by atoms with Crippen LogP contribution >= 0.6 is 0 Å². The molecule has 6 nitrogen and oxygen atoms in total. The van der Waals surface area contributed by atoms with Crippen LogP contribution in [0.5, 0.6) is 0 Å². The van der Waals surface area contributed by atoms with E-state index in [2.05, 4.69) is 4.74 Å². The first kappa shape index (κ1) is 17.4. The Balaban J connectivity index is 3.18. The number of benzene rings is 1. The molecule has 0 aliphatic heterocycles. The number of hydrogen-bond donors (Lipinski definition) is 1. The molecule has 1 aromatic rings. The Morgan fingerprint density at radius 3 is 2.59 bits per heavy atom. The van der Waals surface area contributed by atoms with Crippen LogP contribution in [-0.2, 0) is 25.5 Å². The van der Waals surface area contributed by atoms with Gasteiger partial charge in [0.25, 0.3) is 0 Å². The van der Waals surface area contributed by atoms with E-state index < -0.39 is 11.9 Å². The number of aliphatic carboxylic acids is 1. The third-order valence-corrected chi connectivity index (χ3v) is 2.91. The fourth-order valence-electron chi connectivity index (χ4n) is 1.91. The molecule has 0 aromatic heterocycles. The lowest BCUT2D eigenvalue weighted by atomic mass is 9.97. The smallest absolute Gasteiger partial charge is 0.338 e. The van der Waals surface area contributed by atoms with E-state index in [0.717, 1.165) is 6.08 Å². The van der Waals surface area contributed by atoms with Crippen molar-refractivity contribution in [2.24, 2.45) is 0 Å². The Morgan fingerprint density at radius 2 is 2.00 bits per heavy atom. The van der Waals surface area contributed by atoms with Crippen LogP contribution in [0, 0.1) is 0 Å². The summed E-state index contributed by atoms with van der Waals surface area (Å²) >= 11 is 0. The van der Waals surface area contributed by atoms with Gasteiger partial charge in [-0.25, -0.2) is 9.59 Å². The molecule has 6 heteroatoms. The zero-order valence-electron chi connectivity index (χ0n) is 12.5. The van der Waals surface area contributed by atoms with Gasteiger partial charge in [0.05, 0.1) is 19.3 Å². The molecule has 1 N–H and O–H groups in total. The average molecular weight is 306 g/mol. The quantitative estimate of drug-likeness (QED) is 0.612. The number of rotatable bonds is 7. The maximum Gasteiger partial charge on any atom is 0.338 e. The summed E-state index contributed by atoms with van der Waals surface area (Å²) < 4.78 is 9.55. The van der Waals surface area contributed by atoms with Gasteiger partial charge in [0.2, 0.25) is 0 Å². The summed E-state index contributed by atoms with van der Waals surface area (Å²) in [6.45, 7) is 1.90. The fourth-order valence-corrected chi connectivity index (χ4v) is 1.91. The summed E-state index contributed by atoms with van der Waals surface area (Å²) in [7, 11) is 1.29. The molecule has 0 bridgehead atoms. The minimum atomic E-state index is -1.13. The van der Waals surface area contributed by atoms with Gasteiger partial charge in [0, 0.05) is 12.5 Å². The summed E-state index contributed by atoms with van der Waals surface area (Å²) in [5.41, 5.74) is 1.38. The lowest BCUT2D eigenvalue weighted by Gasteiger charge is -2.11. The van der Waals surface area contributed by atoms with E-state index in [1.807, 2.05) is 0 Å². The number of methoxy groups -OCH3 is 1. The Labute approximate surface area is 128 Å². The second-order valence-corrected chi connectivity index (χ2v) is 4.35. The second-order valence-electron chi connectivity index (χ2n) is 4.35.